The maximum atomic E-state index is 11.1. The predicted octanol–water partition coefficient (Wildman–Crippen LogP) is 1.13. The molecule has 1 aromatic heterocycles. The Labute approximate surface area is 75.8 Å². The van der Waals surface area contributed by atoms with E-state index in [1.165, 1.54) is 11.3 Å². The Hall–Kier alpha value is -0.900. The molecule has 4 heteroatoms. The normalized spacial score (nSPS) is 9.83. The lowest BCUT2D eigenvalue weighted by Gasteiger charge is -1.97. The van der Waals surface area contributed by atoms with Gasteiger partial charge in [-0.15, -0.1) is 11.3 Å². The first-order valence-electron chi connectivity index (χ1n) is 3.90. The molecule has 0 aliphatic rings. The summed E-state index contributed by atoms with van der Waals surface area (Å²) in [5.41, 5.74) is 0.985. The number of rotatable bonds is 3. The van der Waals surface area contributed by atoms with Crippen molar-refractivity contribution < 1.29 is 4.79 Å². The SMILES string of the molecule is CCNC(=O)Cc1nc(C)cs1. The number of likely N-dealkylation sites (N-methyl/N-ethyl adjacent to an activating group) is 1. The van der Waals surface area contributed by atoms with Crippen LogP contribution in [0.15, 0.2) is 5.38 Å². The van der Waals surface area contributed by atoms with E-state index in [9.17, 15) is 4.79 Å². The van der Waals surface area contributed by atoms with Crippen LogP contribution in [0.4, 0.5) is 0 Å². The lowest BCUT2D eigenvalue weighted by molar-refractivity contribution is -0.120. The van der Waals surface area contributed by atoms with Crippen molar-refractivity contribution in [2.75, 3.05) is 6.54 Å². The number of aromatic nitrogens is 1. The standard InChI is InChI=1S/C8H12N2OS/c1-3-9-7(11)4-8-10-6(2)5-12-8/h5H,3-4H2,1-2H3,(H,9,11). The summed E-state index contributed by atoms with van der Waals surface area (Å²) in [6.45, 7) is 4.52. The van der Waals surface area contributed by atoms with Gasteiger partial charge in [0.1, 0.15) is 5.01 Å². The Balaban J connectivity index is 2.46. The first-order chi connectivity index (χ1) is 5.72. The van der Waals surface area contributed by atoms with E-state index in [0.29, 0.717) is 13.0 Å². The van der Waals surface area contributed by atoms with Crippen molar-refractivity contribution in [1.82, 2.24) is 10.3 Å². The fourth-order valence-corrected chi connectivity index (χ4v) is 1.65. The highest BCUT2D eigenvalue weighted by molar-refractivity contribution is 7.09. The number of hydrogen-bond donors (Lipinski definition) is 1. The van der Waals surface area contributed by atoms with Gasteiger partial charge in [-0.25, -0.2) is 4.98 Å². The minimum absolute atomic E-state index is 0.0480. The molecule has 1 amide bonds. The molecular weight excluding hydrogens is 172 g/mol. The molecule has 0 fully saturated rings. The largest absolute Gasteiger partial charge is 0.356 e. The first kappa shape index (κ1) is 9.19. The van der Waals surface area contributed by atoms with Gasteiger partial charge in [-0.05, 0) is 13.8 Å². The van der Waals surface area contributed by atoms with Gasteiger partial charge in [0.2, 0.25) is 5.91 Å². The second kappa shape index (κ2) is 4.21. The lowest BCUT2D eigenvalue weighted by atomic mass is 10.4. The van der Waals surface area contributed by atoms with Crippen molar-refractivity contribution in [3.8, 4) is 0 Å². The molecule has 0 spiro atoms. The maximum absolute atomic E-state index is 11.1. The molecule has 0 atom stereocenters. The van der Waals surface area contributed by atoms with Crippen LogP contribution in [0.25, 0.3) is 0 Å². The van der Waals surface area contributed by atoms with Crippen LogP contribution in [0.5, 0.6) is 0 Å². The molecule has 0 aromatic carbocycles. The zero-order valence-corrected chi connectivity index (χ0v) is 8.07. The molecule has 0 radical (unpaired) electrons. The highest BCUT2D eigenvalue weighted by Crippen LogP contribution is 2.08. The Morgan fingerprint density at radius 3 is 3.00 bits per heavy atom. The molecule has 0 unspecified atom stereocenters. The summed E-state index contributed by atoms with van der Waals surface area (Å²) in [7, 11) is 0. The van der Waals surface area contributed by atoms with E-state index in [1.807, 2.05) is 19.2 Å². The Bertz CT molecular complexity index is 270. The van der Waals surface area contributed by atoms with Gasteiger partial charge >= 0.3 is 0 Å². The summed E-state index contributed by atoms with van der Waals surface area (Å²) in [5.74, 6) is 0.0480. The quantitative estimate of drug-likeness (QED) is 0.765. The summed E-state index contributed by atoms with van der Waals surface area (Å²) in [5, 5.41) is 5.57. The number of nitrogens with zero attached hydrogens (tertiary/aromatic N) is 1. The third-order valence-corrected chi connectivity index (χ3v) is 2.32. The minimum atomic E-state index is 0.0480. The van der Waals surface area contributed by atoms with Crippen LogP contribution in [-0.4, -0.2) is 17.4 Å². The molecule has 0 aliphatic heterocycles. The molecule has 12 heavy (non-hydrogen) atoms. The molecule has 0 aliphatic carbocycles. The van der Waals surface area contributed by atoms with Crippen LogP contribution in [0, 0.1) is 6.92 Å². The van der Waals surface area contributed by atoms with Gasteiger partial charge in [0.15, 0.2) is 0 Å². The number of amides is 1. The van der Waals surface area contributed by atoms with Crippen molar-refractivity contribution in [2.24, 2.45) is 0 Å². The predicted molar refractivity (Wildman–Crippen MR) is 49.2 cm³/mol. The Morgan fingerprint density at radius 1 is 1.75 bits per heavy atom. The zero-order valence-electron chi connectivity index (χ0n) is 7.26. The second-order valence-corrected chi connectivity index (χ2v) is 3.46. The number of aryl methyl sites for hydroxylation is 1. The maximum Gasteiger partial charge on any atom is 0.226 e. The number of carbonyl (C=O) groups is 1. The molecule has 1 N–H and O–H groups in total. The van der Waals surface area contributed by atoms with Crippen LogP contribution >= 0.6 is 11.3 Å². The fourth-order valence-electron chi connectivity index (χ4n) is 0.881. The van der Waals surface area contributed by atoms with E-state index in [0.717, 1.165) is 10.7 Å². The van der Waals surface area contributed by atoms with E-state index < -0.39 is 0 Å². The van der Waals surface area contributed by atoms with Gasteiger partial charge in [0, 0.05) is 17.6 Å². The second-order valence-electron chi connectivity index (χ2n) is 2.51. The minimum Gasteiger partial charge on any atom is -0.356 e. The van der Waals surface area contributed by atoms with Crippen molar-refractivity contribution in [3.05, 3.63) is 16.1 Å². The molecule has 3 nitrogen and oxygen atoms in total. The van der Waals surface area contributed by atoms with E-state index >= 15 is 0 Å². The van der Waals surface area contributed by atoms with Crippen molar-refractivity contribution >= 4 is 17.2 Å². The van der Waals surface area contributed by atoms with Crippen molar-refractivity contribution in [2.45, 2.75) is 20.3 Å². The van der Waals surface area contributed by atoms with E-state index in [1.54, 1.807) is 0 Å². The fraction of sp³-hybridized carbons (Fsp3) is 0.500. The lowest BCUT2D eigenvalue weighted by Crippen LogP contribution is -2.24. The van der Waals surface area contributed by atoms with Gasteiger partial charge in [-0.2, -0.15) is 0 Å². The third kappa shape index (κ3) is 2.62. The number of thiazole rings is 1. The molecule has 1 aromatic rings. The van der Waals surface area contributed by atoms with Crippen LogP contribution in [-0.2, 0) is 11.2 Å². The summed E-state index contributed by atoms with van der Waals surface area (Å²) >= 11 is 1.53. The number of hydrogen-bond acceptors (Lipinski definition) is 3. The van der Waals surface area contributed by atoms with Gasteiger partial charge in [-0.1, -0.05) is 0 Å². The average Bonchev–Trinajstić information content (AvgIpc) is 2.36. The molecule has 0 bridgehead atoms. The van der Waals surface area contributed by atoms with Gasteiger partial charge in [0.05, 0.1) is 6.42 Å². The highest BCUT2D eigenvalue weighted by atomic mass is 32.1. The smallest absolute Gasteiger partial charge is 0.226 e. The molecule has 1 rings (SSSR count). The molecule has 66 valence electrons. The van der Waals surface area contributed by atoms with Crippen LogP contribution < -0.4 is 5.32 Å². The van der Waals surface area contributed by atoms with Crippen LogP contribution in [0.1, 0.15) is 17.6 Å². The van der Waals surface area contributed by atoms with Crippen molar-refractivity contribution in [3.63, 3.8) is 0 Å². The summed E-state index contributed by atoms with van der Waals surface area (Å²) in [4.78, 5) is 15.3. The van der Waals surface area contributed by atoms with Gasteiger partial charge < -0.3 is 5.32 Å². The van der Waals surface area contributed by atoms with Crippen molar-refractivity contribution in [1.29, 1.82) is 0 Å². The summed E-state index contributed by atoms with van der Waals surface area (Å²) < 4.78 is 0. The zero-order chi connectivity index (χ0) is 8.97. The highest BCUT2D eigenvalue weighted by Gasteiger charge is 2.04. The third-order valence-electron chi connectivity index (χ3n) is 1.35. The topological polar surface area (TPSA) is 42.0 Å². The molecule has 1 heterocycles. The monoisotopic (exact) mass is 184 g/mol. The first-order valence-corrected chi connectivity index (χ1v) is 4.78. The van der Waals surface area contributed by atoms with E-state index in [-0.39, 0.29) is 5.91 Å². The van der Waals surface area contributed by atoms with E-state index in [2.05, 4.69) is 10.3 Å². The summed E-state index contributed by atoms with van der Waals surface area (Å²) in [6, 6.07) is 0. The Kier molecular flexibility index (Phi) is 3.22. The molecule has 0 saturated heterocycles. The number of carbonyl (C=O) groups excluding carboxylic acids is 1. The van der Waals surface area contributed by atoms with E-state index in [4.69, 9.17) is 0 Å². The molecular formula is C8H12N2OS. The van der Waals surface area contributed by atoms with Crippen LogP contribution in [0.3, 0.4) is 0 Å². The number of nitrogens with one attached hydrogen (secondary N) is 1. The molecule has 0 saturated carbocycles. The average molecular weight is 184 g/mol. The van der Waals surface area contributed by atoms with Gasteiger partial charge in [0.25, 0.3) is 0 Å². The Morgan fingerprint density at radius 2 is 2.50 bits per heavy atom. The van der Waals surface area contributed by atoms with Crippen LogP contribution in [0.2, 0.25) is 0 Å². The summed E-state index contributed by atoms with van der Waals surface area (Å²) in [6.07, 6.45) is 0.409. The van der Waals surface area contributed by atoms with Gasteiger partial charge in [-0.3, -0.25) is 4.79 Å².